The van der Waals surface area contributed by atoms with Crippen molar-refractivity contribution < 1.29 is 13.9 Å². The molecule has 3 rings (SSSR count). The second-order valence-electron chi connectivity index (χ2n) is 5.85. The van der Waals surface area contributed by atoms with E-state index in [1.54, 1.807) is 13.2 Å². The first kappa shape index (κ1) is 19.3. The van der Waals surface area contributed by atoms with Crippen LogP contribution < -0.4 is 14.8 Å². The molecule has 0 aliphatic heterocycles. The fourth-order valence-electron chi connectivity index (χ4n) is 2.56. The summed E-state index contributed by atoms with van der Waals surface area (Å²) in [5.74, 6) is 0.545. The lowest BCUT2D eigenvalue weighted by Crippen LogP contribution is -2.03. The van der Waals surface area contributed by atoms with Crippen LogP contribution >= 0.6 is 23.2 Å². The summed E-state index contributed by atoms with van der Waals surface area (Å²) in [6, 6.07) is 17.7. The molecule has 0 bridgehead atoms. The maximum Gasteiger partial charge on any atom is 0.180 e. The van der Waals surface area contributed by atoms with Crippen LogP contribution in [-0.4, -0.2) is 7.11 Å². The number of anilines is 1. The van der Waals surface area contributed by atoms with Crippen LogP contribution in [-0.2, 0) is 13.2 Å². The highest BCUT2D eigenvalue weighted by Gasteiger charge is 2.13. The SMILES string of the molecule is COc1cc(CNc2ccccc2)cc(Cl)c1OCc1ccc(F)cc1Cl. The number of nitrogens with one attached hydrogen (secondary N) is 1. The van der Waals surface area contributed by atoms with Crippen LogP contribution in [0.15, 0.2) is 60.7 Å². The molecular weight excluding hydrogens is 388 g/mol. The van der Waals surface area contributed by atoms with E-state index in [1.165, 1.54) is 12.1 Å². The van der Waals surface area contributed by atoms with E-state index in [1.807, 2.05) is 42.5 Å². The van der Waals surface area contributed by atoms with Crippen LogP contribution in [0.2, 0.25) is 10.0 Å². The molecule has 0 aliphatic rings. The zero-order valence-corrected chi connectivity index (χ0v) is 16.1. The molecule has 0 spiro atoms. The fourth-order valence-corrected chi connectivity index (χ4v) is 3.07. The molecule has 140 valence electrons. The molecule has 0 heterocycles. The number of benzene rings is 3. The molecule has 27 heavy (non-hydrogen) atoms. The average molecular weight is 406 g/mol. The Hall–Kier alpha value is -2.43. The Bertz CT molecular complexity index is 920. The van der Waals surface area contributed by atoms with Gasteiger partial charge < -0.3 is 14.8 Å². The van der Waals surface area contributed by atoms with Crippen LogP contribution in [0, 0.1) is 5.82 Å². The standard InChI is InChI=1S/C21H18Cl2FNO2/c1-26-20-10-14(12-25-17-5-3-2-4-6-17)9-19(23)21(20)27-13-15-7-8-16(24)11-18(15)22/h2-11,25H,12-13H2,1H3. The van der Waals surface area contributed by atoms with Gasteiger partial charge in [-0.2, -0.15) is 0 Å². The molecule has 0 aliphatic carbocycles. The number of halogens is 3. The van der Waals surface area contributed by atoms with Crippen molar-refractivity contribution in [1.82, 2.24) is 0 Å². The summed E-state index contributed by atoms with van der Waals surface area (Å²) >= 11 is 12.4. The Labute approximate surface area is 167 Å². The van der Waals surface area contributed by atoms with Crippen LogP contribution in [0.4, 0.5) is 10.1 Å². The van der Waals surface area contributed by atoms with E-state index in [0.717, 1.165) is 11.3 Å². The third-order valence-corrected chi connectivity index (χ3v) is 4.58. The van der Waals surface area contributed by atoms with E-state index in [0.29, 0.717) is 33.7 Å². The lowest BCUT2D eigenvalue weighted by molar-refractivity contribution is 0.284. The minimum atomic E-state index is -0.394. The van der Waals surface area contributed by atoms with Crippen molar-refractivity contribution in [3.8, 4) is 11.5 Å². The Morgan fingerprint density at radius 2 is 1.74 bits per heavy atom. The summed E-state index contributed by atoms with van der Waals surface area (Å²) in [5.41, 5.74) is 2.62. The quantitative estimate of drug-likeness (QED) is 0.497. The molecule has 0 radical (unpaired) electrons. The molecule has 6 heteroatoms. The predicted molar refractivity (Wildman–Crippen MR) is 108 cm³/mol. The van der Waals surface area contributed by atoms with Crippen LogP contribution in [0.3, 0.4) is 0 Å². The van der Waals surface area contributed by atoms with Crippen LogP contribution in [0.5, 0.6) is 11.5 Å². The van der Waals surface area contributed by atoms with E-state index in [4.69, 9.17) is 32.7 Å². The van der Waals surface area contributed by atoms with Crippen molar-refractivity contribution in [3.63, 3.8) is 0 Å². The first-order valence-electron chi connectivity index (χ1n) is 8.29. The molecule has 0 amide bonds. The molecule has 1 N–H and O–H groups in total. The molecule has 0 unspecified atom stereocenters. The lowest BCUT2D eigenvalue weighted by atomic mass is 10.2. The normalized spacial score (nSPS) is 10.5. The van der Waals surface area contributed by atoms with Gasteiger partial charge in [-0.05, 0) is 42.0 Å². The zero-order chi connectivity index (χ0) is 19.2. The molecule has 3 aromatic carbocycles. The summed E-state index contributed by atoms with van der Waals surface area (Å²) in [4.78, 5) is 0. The van der Waals surface area contributed by atoms with Crippen molar-refractivity contribution in [2.45, 2.75) is 13.2 Å². The first-order chi connectivity index (χ1) is 13.1. The van der Waals surface area contributed by atoms with Gasteiger partial charge in [0.1, 0.15) is 12.4 Å². The van der Waals surface area contributed by atoms with Crippen molar-refractivity contribution in [1.29, 1.82) is 0 Å². The Kier molecular flexibility index (Phi) is 6.43. The van der Waals surface area contributed by atoms with Crippen LogP contribution in [0.1, 0.15) is 11.1 Å². The number of ether oxygens (including phenoxy) is 2. The van der Waals surface area contributed by atoms with Crippen molar-refractivity contribution in [3.05, 3.63) is 87.7 Å². The molecule has 3 aromatic rings. The van der Waals surface area contributed by atoms with Gasteiger partial charge in [-0.25, -0.2) is 4.39 Å². The zero-order valence-electron chi connectivity index (χ0n) is 14.6. The average Bonchev–Trinajstić information content (AvgIpc) is 2.67. The number of hydrogen-bond acceptors (Lipinski definition) is 3. The summed E-state index contributed by atoms with van der Waals surface area (Å²) in [7, 11) is 1.55. The third-order valence-electron chi connectivity index (χ3n) is 3.95. The maximum atomic E-state index is 13.2. The largest absolute Gasteiger partial charge is 0.493 e. The molecule has 0 saturated heterocycles. The fraction of sp³-hybridized carbons (Fsp3) is 0.143. The molecule has 3 nitrogen and oxygen atoms in total. The predicted octanol–water partition coefficient (Wildman–Crippen LogP) is 6.33. The number of rotatable bonds is 7. The monoisotopic (exact) mass is 405 g/mol. The van der Waals surface area contributed by atoms with E-state index in [2.05, 4.69) is 5.32 Å². The smallest absolute Gasteiger partial charge is 0.180 e. The third kappa shape index (κ3) is 5.06. The summed E-state index contributed by atoms with van der Waals surface area (Å²) < 4.78 is 24.4. The van der Waals surface area contributed by atoms with Gasteiger partial charge in [-0.15, -0.1) is 0 Å². The lowest BCUT2D eigenvalue weighted by Gasteiger charge is -2.15. The highest BCUT2D eigenvalue weighted by molar-refractivity contribution is 6.32. The van der Waals surface area contributed by atoms with Gasteiger partial charge in [0, 0.05) is 17.8 Å². The molecule has 0 aromatic heterocycles. The highest BCUT2D eigenvalue weighted by Crippen LogP contribution is 2.37. The molecule has 0 fully saturated rings. The maximum absolute atomic E-state index is 13.2. The molecule has 0 saturated carbocycles. The van der Waals surface area contributed by atoms with Crippen molar-refractivity contribution in [2.75, 3.05) is 12.4 Å². The number of para-hydroxylation sites is 1. The second-order valence-corrected chi connectivity index (χ2v) is 6.67. The first-order valence-corrected chi connectivity index (χ1v) is 9.04. The van der Waals surface area contributed by atoms with Gasteiger partial charge in [0.15, 0.2) is 11.5 Å². The summed E-state index contributed by atoms with van der Waals surface area (Å²) in [6.45, 7) is 0.737. The Balaban J connectivity index is 1.73. The highest BCUT2D eigenvalue weighted by atomic mass is 35.5. The number of hydrogen-bond donors (Lipinski definition) is 1. The minimum Gasteiger partial charge on any atom is -0.493 e. The van der Waals surface area contributed by atoms with E-state index in [-0.39, 0.29) is 6.61 Å². The molecular formula is C21H18Cl2FNO2. The van der Waals surface area contributed by atoms with E-state index >= 15 is 0 Å². The van der Waals surface area contributed by atoms with Gasteiger partial charge in [-0.1, -0.05) is 47.5 Å². The number of methoxy groups -OCH3 is 1. The van der Waals surface area contributed by atoms with Gasteiger partial charge in [0.2, 0.25) is 0 Å². The van der Waals surface area contributed by atoms with Gasteiger partial charge in [0.05, 0.1) is 17.2 Å². The van der Waals surface area contributed by atoms with Gasteiger partial charge >= 0.3 is 0 Å². The Morgan fingerprint density at radius 3 is 2.44 bits per heavy atom. The second kappa shape index (κ2) is 8.98. The van der Waals surface area contributed by atoms with E-state index < -0.39 is 5.82 Å². The van der Waals surface area contributed by atoms with E-state index in [9.17, 15) is 4.39 Å². The Morgan fingerprint density at radius 1 is 0.963 bits per heavy atom. The van der Waals surface area contributed by atoms with Gasteiger partial charge in [-0.3, -0.25) is 0 Å². The van der Waals surface area contributed by atoms with Gasteiger partial charge in [0.25, 0.3) is 0 Å². The topological polar surface area (TPSA) is 30.5 Å². The molecule has 0 atom stereocenters. The summed E-state index contributed by atoms with van der Waals surface area (Å²) in [6.07, 6.45) is 0. The summed E-state index contributed by atoms with van der Waals surface area (Å²) in [5, 5.41) is 4.05. The minimum absolute atomic E-state index is 0.150. The van der Waals surface area contributed by atoms with Crippen LogP contribution in [0.25, 0.3) is 0 Å². The van der Waals surface area contributed by atoms with Crippen molar-refractivity contribution >= 4 is 28.9 Å². The van der Waals surface area contributed by atoms with Crippen molar-refractivity contribution in [2.24, 2.45) is 0 Å².